The number of rotatable bonds is 4. The summed E-state index contributed by atoms with van der Waals surface area (Å²) in [6, 6.07) is -0.102. The third-order valence-corrected chi connectivity index (χ3v) is 3.34. The first-order valence-electron chi connectivity index (χ1n) is 6.46. The monoisotopic (exact) mass is 249 g/mol. The van der Waals surface area contributed by atoms with Gasteiger partial charge in [-0.2, -0.15) is 13.2 Å². The molecule has 0 spiro atoms. The summed E-state index contributed by atoms with van der Waals surface area (Å²) < 4.78 is 36.7. The first-order valence-corrected chi connectivity index (χ1v) is 6.46. The molecule has 1 N–H and O–H groups in total. The van der Waals surface area contributed by atoms with Gasteiger partial charge in [-0.05, 0) is 39.2 Å². The van der Waals surface area contributed by atoms with E-state index < -0.39 is 12.6 Å². The molecular formula is C13H22F3N. The highest BCUT2D eigenvalue weighted by Crippen LogP contribution is 2.26. The van der Waals surface area contributed by atoms with Gasteiger partial charge >= 0.3 is 6.18 Å². The van der Waals surface area contributed by atoms with Gasteiger partial charge in [0, 0.05) is 12.5 Å². The molecule has 0 saturated carbocycles. The van der Waals surface area contributed by atoms with Gasteiger partial charge in [-0.3, -0.25) is 0 Å². The molecule has 0 bridgehead atoms. The molecule has 0 aromatic heterocycles. The molecule has 100 valence electrons. The molecule has 0 radical (unpaired) electrons. The Morgan fingerprint density at radius 3 is 2.59 bits per heavy atom. The van der Waals surface area contributed by atoms with E-state index in [4.69, 9.17) is 0 Å². The van der Waals surface area contributed by atoms with Gasteiger partial charge in [0.1, 0.15) is 0 Å². The average Bonchev–Trinajstić information content (AvgIpc) is 2.19. The van der Waals surface area contributed by atoms with Crippen molar-refractivity contribution in [3.8, 4) is 0 Å². The summed E-state index contributed by atoms with van der Waals surface area (Å²) in [4.78, 5) is 0. The van der Waals surface area contributed by atoms with E-state index in [1.807, 2.05) is 0 Å². The lowest BCUT2D eigenvalue weighted by Crippen LogP contribution is -2.29. The van der Waals surface area contributed by atoms with Gasteiger partial charge in [-0.25, -0.2) is 0 Å². The minimum absolute atomic E-state index is 0.102. The molecule has 1 atom stereocenters. The highest BCUT2D eigenvalue weighted by Gasteiger charge is 2.28. The first-order chi connectivity index (χ1) is 8.03. The van der Waals surface area contributed by atoms with Crippen LogP contribution in [-0.4, -0.2) is 19.3 Å². The number of hydrogen-bond donors (Lipinski definition) is 1. The zero-order valence-electron chi connectivity index (χ0n) is 10.4. The molecule has 0 saturated heterocycles. The van der Waals surface area contributed by atoms with Crippen LogP contribution in [-0.2, 0) is 0 Å². The van der Waals surface area contributed by atoms with Crippen molar-refractivity contribution in [2.45, 2.75) is 63.6 Å². The summed E-state index contributed by atoms with van der Waals surface area (Å²) in [7, 11) is 1.75. The number of likely N-dealkylation sites (N-methyl/N-ethyl adjacent to an activating group) is 1. The van der Waals surface area contributed by atoms with Crippen molar-refractivity contribution in [1.82, 2.24) is 5.32 Å². The van der Waals surface area contributed by atoms with Gasteiger partial charge in [0.25, 0.3) is 0 Å². The number of halogens is 3. The summed E-state index contributed by atoms with van der Waals surface area (Å²) in [5.74, 6) is 0. The molecule has 0 aromatic carbocycles. The second kappa shape index (κ2) is 7.04. The zero-order chi connectivity index (χ0) is 12.7. The summed E-state index contributed by atoms with van der Waals surface area (Å²) in [5, 5.41) is 3.02. The van der Waals surface area contributed by atoms with E-state index in [2.05, 4.69) is 11.4 Å². The standard InChI is InChI=1S/C13H22F3N/c1-17-12(9-10-13(14,15)16)11-7-5-3-2-4-6-8-11/h7,12,17H,2-6,8-10H2,1H3. The van der Waals surface area contributed by atoms with Crippen molar-refractivity contribution in [1.29, 1.82) is 0 Å². The van der Waals surface area contributed by atoms with Crippen LogP contribution in [0.5, 0.6) is 0 Å². The lowest BCUT2D eigenvalue weighted by Gasteiger charge is -2.22. The van der Waals surface area contributed by atoms with Gasteiger partial charge in [0.2, 0.25) is 0 Å². The molecule has 0 aliphatic heterocycles. The van der Waals surface area contributed by atoms with Crippen molar-refractivity contribution < 1.29 is 13.2 Å². The maximum atomic E-state index is 12.2. The molecule has 1 aliphatic rings. The Kier molecular flexibility index (Phi) is 6.03. The molecule has 1 nitrogen and oxygen atoms in total. The average molecular weight is 249 g/mol. The molecule has 17 heavy (non-hydrogen) atoms. The topological polar surface area (TPSA) is 12.0 Å². The Labute approximate surface area is 101 Å². The SMILES string of the molecule is CNC(CCC(F)(F)F)C1=CCCCCCC1. The van der Waals surface area contributed by atoms with E-state index in [0.717, 1.165) is 19.3 Å². The highest BCUT2D eigenvalue weighted by atomic mass is 19.4. The molecule has 1 rings (SSSR count). The fourth-order valence-corrected chi connectivity index (χ4v) is 2.36. The smallest absolute Gasteiger partial charge is 0.313 e. The second-order valence-corrected chi connectivity index (χ2v) is 4.73. The van der Waals surface area contributed by atoms with Crippen molar-refractivity contribution in [2.24, 2.45) is 0 Å². The van der Waals surface area contributed by atoms with Crippen LogP contribution in [0.4, 0.5) is 13.2 Å². The molecule has 1 aliphatic carbocycles. The first kappa shape index (κ1) is 14.6. The number of allylic oxidation sites excluding steroid dienone is 1. The van der Waals surface area contributed by atoms with Crippen LogP contribution in [0, 0.1) is 0 Å². The van der Waals surface area contributed by atoms with Crippen LogP contribution in [0.2, 0.25) is 0 Å². The van der Waals surface area contributed by atoms with E-state index in [9.17, 15) is 13.2 Å². The fourth-order valence-electron chi connectivity index (χ4n) is 2.36. The van der Waals surface area contributed by atoms with E-state index in [-0.39, 0.29) is 12.5 Å². The Hall–Kier alpha value is -0.510. The number of hydrogen-bond acceptors (Lipinski definition) is 1. The van der Waals surface area contributed by atoms with Gasteiger partial charge in [0.05, 0.1) is 0 Å². The predicted octanol–water partition coefficient (Wildman–Crippen LogP) is 4.20. The maximum absolute atomic E-state index is 12.2. The Bertz CT molecular complexity index is 246. The van der Waals surface area contributed by atoms with Crippen LogP contribution in [0.3, 0.4) is 0 Å². The third kappa shape index (κ3) is 6.10. The van der Waals surface area contributed by atoms with E-state index in [1.54, 1.807) is 7.05 Å². The molecule has 0 fully saturated rings. The highest BCUT2D eigenvalue weighted by molar-refractivity contribution is 5.11. The van der Waals surface area contributed by atoms with Crippen molar-refractivity contribution in [3.63, 3.8) is 0 Å². The Morgan fingerprint density at radius 2 is 1.94 bits per heavy atom. The van der Waals surface area contributed by atoms with E-state index in [1.165, 1.54) is 24.8 Å². The minimum Gasteiger partial charge on any atom is -0.313 e. The number of alkyl halides is 3. The Morgan fingerprint density at radius 1 is 1.24 bits per heavy atom. The molecule has 0 amide bonds. The largest absolute Gasteiger partial charge is 0.389 e. The zero-order valence-corrected chi connectivity index (χ0v) is 10.4. The van der Waals surface area contributed by atoms with Crippen LogP contribution in [0.1, 0.15) is 51.4 Å². The van der Waals surface area contributed by atoms with E-state index >= 15 is 0 Å². The van der Waals surface area contributed by atoms with Gasteiger partial charge in [-0.15, -0.1) is 0 Å². The van der Waals surface area contributed by atoms with Crippen molar-refractivity contribution >= 4 is 0 Å². The molecular weight excluding hydrogens is 227 g/mol. The normalized spacial score (nSPS) is 20.4. The molecule has 0 aromatic rings. The molecule has 4 heteroatoms. The summed E-state index contributed by atoms with van der Waals surface area (Å²) >= 11 is 0. The fraction of sp³-hybridized carbons (Fsp3) is 0.846. The van der Waals surface area contributed by atoms with Gasteiger partial charge in [-0.1, -0.05) is 24.5 Å². The molecule has 1 unspecified atom stereocenters. The third-order valence-electron chi connectivity index (χ3n) is 3.34. The lowest BCUT2D eigenvalue weighted by atomic mass is 9.92. The summed E-state index contributed by atoms with van der Waals surface area (Å²) in [6.07, 6.45) is 4.25. The lowest BCUT2D eigenvalue weighted by molar-refractivity contribution is -0.136. The Balaban J connectivity index is 2.52. The van der Waals surface area contributed by atoms with Crippen LogP contribution < -0.4 is 5.32 Å². The maximum Gasteiger partial charge on any atom is 0.389 e. The summed E-state index contributed by atoms with van der Waals surface area (Å²) in [5.41, 5.74) is 1.18. The van der Waals surface area contributed by atoms with Crippen molar-refractivity contribution in [3.05, 3.63) is 11.6 Å². The number of nitrogens with one attached hydrogen (secondary N) is 1. The van der Waals surface area contributed by atoms with Crippen LogP contribution in [0.15, 0.2) is 11.6 Å². The summed E-state index contributed by atoms with van der Waals surface area (Å²) in [6.45, 7) is 0. The van der Waals surface area contributed by atoms with Gasteiger partial charge in [0.15, 0.2) is 0 Å². The quantitative estimate of drug-likeness (QED) is 0.736. The second-order valence-electron chi connectivity index (χ2n) is 4.73. The van der Waals surface area contributed by atoms with E-state index in [0.29, 0.717) is 0 Å². The predicted molar refractivity (Wildman–Crippen MR) is 63.9 cm³/mol. The molecule has 0 heterocycles. The van der Waals surface area contributed by atoms with Crippen molar-refractivity contribution in [2.75, 3.05) is 7.05 Å². The van der Waals surface area contributed by atoms with Crippen LogP contribution in [0.25, 0.3) is 0 Å². The van der Waals surface area contributed by atoms with Gasteiger partial charge < -0.3 is 5.32 Å². The minimum atomic E-state index is -4.04. The van der Waals surface area contributed by atoms with Crippen LogP contribution >= 0.6 is 0 Å².